The second-order valence-corrected chi connectivity index (χ2v) is 7.76. The molecule has 0 bridgehead atoms. The van der Waals surface area contributed by atoms with Crippen molar-refractivity contribution in [2.75, 3.05) is 10.5 Å². The van der Waals surface area contributed by atoms with Gasteiger partial charge in [0, 0.05) is 4.47 Å². The summed E-state index contributed by atoms with van der Waals surface area (Å²) >= 11 is 21.1. The summed E-state index contributed by atoms with van der Waals surface area (Å²) in [7, 11) is -4.02. The summed E-state index contributed by atoms with van der Waals surface area (Å²) in [4.78, 5) is -0.221. The van der Waals surface area contributed by atoms with Crippen LogP contribution in [0.5, 0.6) is 0 Å². The summed E-state index contributed by atoms with van der Waals surface area (Å²) in [5.41, 5.74) is 5.77. The number of nitrogen functional groups attached to an aromatic ring is 1. The Balaban J connectivity index is 2.53. The smallest absolute Gasteiger partial charge is 0.265 e. The molecule has 0 atom stereocenters. The van der Waals surface area contributed by atoms with Crippen LogP contribution in [-0.4, -0.2) is 8.42 Å². The third-order valence-corrected chi connectivity index (χ3v) is 5.46. The highest BCUT2D eigenvalue weighted by atomic mass is 79.9. The molecule has 3 N–H and O–H groups in total. The number of nitrogens with two attached hydrogens (primary N) is 1. The third kappa shape index (κ3) is 3.57. The Labute approximate surface area is 145 Å². The first kappa shape index (κ1) is 16.7. The molecular weight excluding hydrogens is 422 g/mol. The van der Waals surface area contributed by atoms with Crippen molar-refractivity contribution in [3.05, 3.63) is 49.9 Å². The lowest BCUT2D eigenvalue weighted by Crippen LogP contribution is -2.16. The van der Waals surface area contributed by atoms with Crippen molar-refractivity contribution in [2.45, 2.75) is 4.90 Å². The highest BCUT2D eigenvalue weighted by Gasteiger charge is 2.23. The lowest BCUT2D eigenvalue weighted by atomic mass is 10.3. The van der Waals surface area contributed by atoms with Crippen LogP contribution in [0.4, 0.5) is 11.4 Å². The molecule has 9 heteroatoms. The summed E-state index contributed by atoms with van der Waals surface area (Å²) in [6, 6.07) is 7.45. The predicted molar refractivity (Wildman–Crippen MR) is 90.8 cm³/mol. The Morgan fingerprint density at radius 2 is 1.62 bits per heavy atom. The molecule has 0 spiro atoms. The Bertz CT molecular complexity index is 769. The molecule has 112 valence electrons. The van der Waals surface area contributed by atoms with Crippen LogP contribution in [0.15, 0.2) is 39.7 Å². The fourth-order valence-corrected chi connectivity index (χ4v) is 4.83. The zero-order valence-corrected chi connectivity index (χ0v) is 14.9. The van der Waals surface area contributed by atoms with Gasteiger partial charge in [-0.15, -0.1) is 0 Å². The quantitative estimate of drug-likeness (QED) is 0.688. The highest BCUT2D eigenvalue weighted by Crippen LogP contribution is 2.37. The predicted octanol–water partition coefficient (Wildman–Crippen LogP) is 4.79. The van der Waals surface area contributed by atoms with Gasteiger partial charge in [-0.1, -0.05) is 56.8 Å². The van der Waals surface area contributed by atoms with E-state index in [4.69, 9.17) is 40.5 Å². The van der Waals surface area contributed by atoms with Gasteiger partial charge in [0.05, 0.1) is 26.4 Å². The molecule has 0 fully saturated rings. The van der Waals surface area contributed by atoms with E-state index in [2.05, 4.69) is 20.7 Å². The van der Waals surface area contributed by atoms with E-state index < -0.39 is 10.0 Å². The molecule has 0 radical (unpaired) electrons. The van der Waals surface area contributed by atoms with Crippen molar-refractivity contribution in [3.63, 3.8) is 0 Å². The molecule has 4 nitrogen and oxygen atoms in total. The van der Waals surface area contributed by atoms with E-state index in [-0.39, 0.29) is 31.3 Å². The van der Waals surface area contributed by atoms with Crippen LogP contribution < -0.4 is 10.5 Å². The lowest BCUT2D eigenvalue weighted by Gasteiger charge is -2.14. The van der Waals surface area contributed by atoms with Gasteiger partial charge in [-0.2, -0.15) is 0 Å². The minimum absolute atomic E-state index is 0.00635. The Hall–Kier alpha value is -0.660. The lowest BCUT2D eigenvalue weighted by molar-refractivity contribution is 0.601. The molecule has 2 rings (SSSR count). The second kappa shape index (κ2) is 6.22. The average Bonchev–Trinajstić information content (AvgIpc) is 2.33. The van der Waals surface area contributed by atoms with Crippen molar-refractivity contribution >= 4 is 72.1 Å². The Morgan fingerprint density at radius 1 is 1.05 bits per heavy atom. The number of nitrogens with one attached hydrogen (secondary N) is 1. The number of benzene rings is 2. The average molecular weight is 431 g/mol. The number of halogens is 4. The van der Waals surface area contributed by atoms with E-state index in [1.807, 2.05) is 0 Å². The van der Waals surface area contributed by atoms with Crippen molar-refractivity contribution < 1.29 is 8.42 Å². The maximum Gasteiger partial charge on any atom is 0.265 e. The zero-order chi connectivity index (χ0) is 15.8. The van der Waals surface area contributed by atoms with Gasteiger partial charge in [0.2, 0.25) is 0 Å². The van der Waals surface area contributed by atoms with Crippen LogP contribution in [0, 0.1) is 0 Å². The van der Waals surface area contributed by atoms with Crippen molar-refractivity contribution in [1.29, 1.82) is 0 Å². The molecule has 0 heterocycles. The largest absolute Gasteiger partial charge is 0.398 e. The van der Waals surface area contributed by atoms with E-state index in [1.165, 1.54) is 24.3 Å². The summed E-state index contributed by atoms with van der Waals surface area (Å²) in [5.74, 6) is 0. The van der Waals surface area contributed by atoms with Crippen molar-refractivity contribution in [1.82, 2.24) is 0 Å². The van der Waals surface area contributed by atoms with Gasteiger partial charge < -0.3 is 5.73 Å². The maximum atomic E-state index is 12.4. The zero-order valence-electron chi connectivity index (χ0n) is 10.2. The van der Waals surface area contributed by atoms with Crippen molar-refractivity contribution in [2.24, 2.45) is 0 Å². The molecule has 2 aromatic rings. The van der Waals surface area contributed by atoms with E-state index in [9.17, 15) is 8.42 Å². The first-order chi connectivity index (χ1) is 9.72. The van der Waals surface area contributed by atoms with Crippen LogP contribution in [0.2, 0.25) is 15.1 Å². The maximum absolute atomic E-state index is 12.4. The van der Waals surface area contributed by atoms with E-state index in [1.54, 1.807) is 6.07 Å². The topological polar surface area (TPSA) is 72.2 Å². The highest BCUT2D eigenvalue weighted by molar-refractivity contribution is 9.10. The number of hydrogen-bond donors (Lipinski definition) is 2. The van der Waals surface area contributed by atoms with Gasteiger partial charge in [-0.3, -0.25) is 4.72 Å². The molecule has 0 aliphatic rings. The van der Waals surface area contributed by atoms with Crippen LogP contribution in [-0.2, 0) is 10.0 Å². The summed E-state index contributed by atoms with van der Waals surface area (Å²) in [5, 5.41) is 0.291. The first-order valence-electron chi connectivity index (χ1n) is 5.43. The molecule has 21 heavy (non-hydrogen) atoms. The van der Waals surface area contributed by atoms with Crippen LogP contribution >= 0.6 is 50.7 Å². The molecule has 0 amide bonds. The molecular formula is C12H8BrCl3N2O2S. The number of hydrogen-bond acceptors (Lipinski definition) is 3. The fraction of sp³-hybridized carbons (Fsp3) is 0. The van der Waals surface area contributed by atoms with E-state index >= 15 is 0 Å². The van der Waals surface area contributed by atoms with Gasteiger partial charge in [0.15, 0.2) is 0 Å². The molecule has 0 unspecified atom stereocenters. The third-order valence-electron chi connectivity index (χ3n) is 2.51. The molecule has 2 aromatic carbocycles. The minimum atomic E-state index is -4.02. The number of rotatable bonds is 3. The van der Waals surface area contributed by atoms with Crippen LogP contribution in [0.25, 0.3) is 0 Å². The Morgan fingerprint density at radius 3 is 2.14 bits per heavy atom. The van der Waals surface area contributed by atoms with Gasteiger partial charge in [-0.05, 0) is 24.3 Å². The first-order valence-corrected chi connectivity index (χ1v) is 8.84. The van der Waals surface area contributed by atoms with E-state index in [0.29, 0.717) is 4.47 Å². The number of anilines is 2. The molecule has 0 saturated heterocycles. The van der Waals surface area contributed by atoms with Crippen molar-refractivity contribution in [3.8, 4) is 0 Å². The minimum Gasteiger partial charge on any atom is -0.398 e. The van der Waals surface area contributed by atoms with Crippen LogP contribution in [0.3, 0.4) is 0 Å². The molecule has 0 saturated carbocycles. The van der Waals surface area contributed by atoms with Crippen LogP contribution in [0.1, 0.15) is 0 Å². The summed E-state index contributed by atoms with van der Waals surface area (Å²) < 4.78 is 27.8. The molecule has 0 aliphatic carbocycles. The fourth-order valence-electron chi connectivity index (χ4n) is 1.63. The normalized spacial score (nSPS) is 11.4. The molecule has 0 aliphatic heterocycles. The Kier molecular flexibility index (Phi) is 4.95. The standard InChI is InChI=1S/C12H8BrCl3N2O2S/c13-6-4-8(15)11(9(16)5-6)18-21(19,20)12-7(14)2-1-3-10(12)17/h1-5,18H,17H2. The van der Waals surface area contributed by atoms with E-state index in [0.717, 1.165) is 0 Å². The second-order valence-electron chi connectivity index (χ2n) is 4.01. The van der Waals surface area contributed by atoms with Gasteiger partial charge in [0.25, 0.3) is 10.0 Å². The SMILES string of the molecule is Nc1cccc(Cl)c1S(=O)(=O)Nc1c(Cl)cc(Br)cc1Cl. The van der Waals surface area contributed by atoms with Gasteiger partial charge in [0.1, 0.15) is 4.90 Å². The van der Waals surface area contributed by atoms with Gasteiger partial charge >= 0.3 is 0 Å². The van der Waals surface area contributed by atoms with Gasteiger partial charge in [-0.25, -0.2) is 8.42 Å². The number of sulfonamides is 1. The summed E-state index contributed by atoms with van der Waals surface area (Å²) in [6.45, 7) is 0. The molecule has 0 aromatic heterocycles. The monoisotopic (exact) mass is 428 g/mol. The summed E-state index contributed by atoms with van der Waals surface area (Å²) in [6.07, 6.45) is 0.